The molecular weight excluding hydrogens is 408 g/mol. The molecule has 182 valence electrons. The summed E-state index contributed by atoms with van der Waals surface area (Å²) in [7, 11) is 0. The average Bonchev–Trinajstić information content (AvgIpc) is 2.60. The van der Waals surface area contributed by atoms with Gasteiger partial charge < -0.3 is 19.7 Å². The SMILES string of the molecule is CC(C)(C)OC(=O)C1=C(\C(=O)OC(C)(C)C)CC(O)C(O)C(C2CCCCCCC2)/C=C\1. The normalized spacial score (nSPS) is 29.8. The summed E-state index contributed by atoms with van der Waals surface area (Å²) in [5, 5.41) is 21.9. The first-order chi connectivity index (χ1) is 14.8. The molecule has 1 fully saturated rings. The van der Waals surface area contributed by atoms with E-state index in [1.807, 2.05) is 0 Å². The van der Waals surface area contributed by atoms with Crippen molar-refractivity contribution in [3.8, 4) is 0 Å². The highest BCUT2D eigenvalue weighted by molar-refractivity contribution is 6.02. The van der Waals surface area contributed by atoms with Crippen LogP contribution in [0.2, 0.25) is 0 Å². The largest absolute Gasteiger partial charge is 0.457 e. The van der Waals surface area contributed by atoms with E-state index < -0.39 is 35.3 Å². The van der Waals surface area contributed by atoms with Crippen LogP contribution in [0.15, 0.2) is 23.3 Å². The van der Waals surface area contributed by atoms with Crippen LogP contribution in [0.4, 0.5) is 0 Å². The number of carbonyl (C=O) groups is 2. The van der Waals surface area contributed by atoms with E-state index >= 15 is 0 Å². The van der Waals surface area contributed by atoms with Gasteiger partial charge in [-0.1, -0.05) is 44.3 Å². The Morgan fingerprint density at radius 2 is 1.34 bits per heavy atom. The third-order valence-electron chi connectivity index (χ3n) is 5.97. The maximum atomic E-state index is 13.0. The van der Waals surface area contributed by atoms with Crippen molar-refractivity contribution in [3.05, 3.63) is 23.3 Å². The van der Waals surface area contributed by atoms with Gasteiger partial charge in [0.15, 0.2) is 0 Å². The Balaban J connectivity index is 2.47. The van der Waals surface area contributed by atoms with Crippen LogP contribution in [0.3, 0.4) is 0 Å². The van der Waals surface area contributed by atoms with Crippen LogP contribution in [-0.2, 0) is 19.1 Å². The van der Waals surface area contributed by atoms with E-state index in [1.54, 1.807) is 53.7 Å². The summed E-state index contributed by atoms with van der Waals surface area (Å²) in [6.07, 6.45) is 8.76. The van der Waals surface area contributed by atoms with E-state index in [0.717, 1.165) is 25.7 Å². The van der Waals surface area contributed by atoms with Gasteiger partial charge in [0.2, 0.25) is 0 Å². The zero-order valence-electron chi connectivity index (χ0n) is 20.6. The maximum absolute atomic E-state index is 13.0. The molecule has 3 atom stereocenters. The smallest absolute Gasteiger partial charge is 0.339 e. The quantitative estimate of drug-likeness (QED) is 0.609. The van der Waals surface area contributed by atoms with Crippen molar-refractivity contribution in [1.29, 1.82) is 0 Å². The molecule has 0 saturated heterocycles. The molecule has 2 rings (SSSR count). The summed E-state index contributed by atoms with van der Waals surface area (Å²) in [6, 6.07) is 0. The molecule has 0 aromatic carbocycles. The Labute approximate surface area is 193 Å². The van der Waals surface area contributed by atoms with Crippen molar-refractivity contribution in [2.75, 3.05) is 0 Å². The Morgan fingerprint density at radius 1 is 0.844 bits per heavy atom. The lowest BCUT2D eigenvalue weighted by molar-refractivity contribution is -0.154. The van der Waals surface area contributed by atoms with E-state index in [2.05, 4.69) is 0 Å². The molecule has 0 amide bonds. The first-order valence-electron chi connectivity index (χ1n) is 12.0. The standard InChI is InChI=1S/C26H42O6/c1-25(2,3)31-23(29)19-15-14-18(17-12-10-8-7-9-11-13-17)22(28)21(27)16-20(19)24(30)32-26(4,5)6/h14-15,17-18,21-22,27-28H,7-13,16H2,1-6H3/b15-14-,20-19-. The molecular formula is C26H42O6. The molecule has 6 nitrogen and oxygen atoms in total. The minimum atomic E-state index is -1.18. The van der Waals surface area contributed by atoms with E-state index in [9.17, 15) is 19.8 Å². The first-order valence-corrected chi connectivity index (χ1v) is 12.0. The van der Waals surface area contributed by atoms with Crippen LogP contribution in [0.25, 0.3) is 0 Å². The third kappa shape index (κ3) is 8.04. The molecule has 0 bridgehead atoms. The Bertz CT molecular complexity index is 714. The van der Waals surface area contributed by atoms with Crippen molar-refractivity contribution in [1.82, 2.24) is 0 Å². The summed E-state index contributed by atoms with van der Waals surface area (Å²) >= 11 is 0. The van der Waals surface area contributed by atoms with Crippen molar-refractivity contribution in [2.24, 2.45) is 11.8 Å². The maximum Gasteiger partial charge on any atom is 0.339 e. The molecule has 0 radical (unpaired) electrons. The van der Waals surface area contributed by atoms with Gasteiger partial charge in [-0.05, 0) is 60.3 Å². The van der Waals surface area contributed by atoms with E-state index in [1.165, 1.54) is 19.3 Å². The highest BCUT2D eigenvalue weighted by Crippen LogP contribution is 2.35. The number of hydrogen-bond donors (Lipinski definition) is 2. The lowest BCUT2D eigenvalue weighted by atomic mass is 9.75. The zero-order chi connectivity index (χ0) is 24.1. The van der Waals surface area contributed by atoms with Crippen LogP contribution in [0.5, 0.6) is 0 Å². The molecule has 2 aliphatic carbocycles. The number of rotatable bonds is 3. The molecule has 0 aromatic rings. The second kappa shape index (κ2) is 11.0. The van der Waals surface area contributed by atoms with E-state index in [0.29, 0.717) is 0 Å². The number of hydrogen-bond acceptors (Lipinski definition) is 6. The van der Waals surface area contributed by atoms with Crippen molar-refractivity contribution in [2.45, 2.75) is 116 Å². The summed E-state index contributed by atoms with van der Waals surface area (Å²) in [5.74, 6) is -1.38. The number of aliphatic hydroxyl groups excluding tert-OH is 2. The summed E-state index contributed by atoms with van der Waals surface area (Å²) in [6.45, 7) is 10.5. The number of esters is 2. The molecule has 0 heterocycles. The van der Waals surface area contributed by atoms with Crippen LogP contribution in [-0.4, -0.2) is 45.6 Å². The van der Waals surface area contributed by atoms with Crippen LogP contribution >= 0.6 is 0 Å². The lowest BCUT2D eigenvalue weighted by Crippen LogP contribution is -2.39. The van der Waals surface area contributed by atoms with Crippen molar-refractivity contribution < 1.29 is 29.3 Å². The molecule has 0 aliphatic heterocycles. The highest BCUT2D eigenvalue weighted by Gasteiger charge is 2.37. The average molecular weight is 451 g/mol. The topological polar surface area (TPSA) is 93.1 Å². The van der Waals surface area contributed by atoms with Gasteiger partial charge in [0, 0.05) is 12.3 Å². The highest BCUT2D eigenvalue weighted by atomic mass is 16.6. The number of carbonyl (C=O) groups excluding carboxylic acids is 2. The van der Waals surface area contributed by atoms with Gasteiger partial charge in [-0.15, -0.1) is 0 Å². The van der Waals surface area contributed by atoms with Gasteiger partial charge in [-0.3, -0.25) is 0 Å². The van der Waals surface area contributed by atoms with Gasteiger partial charge in [0.25, 0.3) is 0 Å². The molecule has 6 heteroatoms. The summed E-state index contributed by atoms with van der Waals surface area (Å²) in [5.41, 5.74) is -1.37. The van der Waals surface area contributed by atoms with Gasteiger partial charge in [-0.25, -0.2) is 9.59 Å². The van der Waals surface area contributed by atoms with Gasteiger partial charge in [0.05, 0.1) is 23.4 Å². The zero-order valence-corrected chi connectivity index (χ0v) is 20.6. The molecule has 1 saturated carbocycles. The second-order valence-corrected chi connectivity index (χ2v) is 11.2. The third-order valence-corrected chi connectivity index (χ3v) is 5.97. The molecule has 0 aromatic heterocycles. The minimum absolute atomic E-state index is 0.0353. The fourth-order valence-corrected chi connectivity index (χ4v) is 4.48. The number of aliphatic hydroxyl groups is 2. The number of ether oxygens (including phenoxy) is 2. The molecule has 2 aliphatic rings. The molecule has 3 unspecified atom stereocenters. The minimum Gasteiger partial charge on any atom is -0.457 e. The predicted molar refractivity (Wildman–Crippen MR) is 124 cm³/mol. The van der Waals surface area contributed by atoms with Gasteiger partial charge in [0.1, 0.15) is 11.2 Å². The Hall–Kier alpha value is -1.66. The van der Waals surface area contributed by atoms with E-state index in [4.69, 9.17) is 9.47 Å². The van der Waals surface area contributed by atoms with Crippen LogP contribution in [0, 0.1) is 11.8 Å². The van der Waals surface area contributed by atoms with E-state index in [-0.39, 0.29) is 29.4 Å². The Morgan fingerprint density at radius 3 is 1.88 bits per heavy atom. The van der Waals surface area contributed by atoms with Crippen LogP contribution in [0.1, 0.15) is 92.9 Å². The summed E-state index contributed by atoms with van der Waals surface area (Å²) < 4.78 is 11.1. The van der Waals surface area contributed by atoms with Crippen molar-refractivity contribution in [3.63, 3.8) is 0 Å². The first kappa shape index (κ1) is 26.6. The second-order valence-electron chi connectivity index (χ2n) is 11.2. The predicted octanol–water partition coefficient (Wildman–Crippen LogP) is 4.62. The van der Waals surface area contributed by atoms with Gasteiger partial charge >= 0.3 is 11.9 Å². The van der Waals surface area contributed by atoms with Gasteiger partial charge in [-0.2, -0.15) is 0 Å². The van der Waals surface area contributed by atoms with Crippen LogP contribution < -0.4 is 0 Å². The Kier molecular flexibility index (Phi) is 9.12. The molecule has 0 spiro atoms. The fraction of sp³-hybridized carbons (Fsp3) is 0.769. The molecule has 32 heavy (non-hydrogen) atoms. The lowest BCUT2D eigenvalue weighted by Gasteiger charge is -2.34. The summed E-state index contributed by atoms with van der Waals surface area (Å²) in [4.78, 5) is 26.0. The fourth-order valence-electron chi connectivity index (χ4n) is 4.48. The monoisotopic (exact) mass is 450 g/mol. The molecule has 2 N–H and O–H groups in total. The van der Waals surface area contributed by atoms with Crippen molar-refractivity contribution >= 4 is 11.9 Å².